The second-order valence-electron chi connectivity index (χ2n) is 5.14. The van der Waals surface area contributed by atoms with Gasteiger partial charge in [0.25, 0.3) is 0 Å². The van der Waals surface area contributed by atoms with E-state index in [0.29, 0.717) is 6.54 Å². The van der Waals surface area contributed by atoms with Gasteiger partial charge in [0.2, 0.25) is 5.91 Å². The topological polar surface area (TPSA) is 72.2 Å². The summed E-state index contributed by atoms with van der Waals surface area (Å²) in [6, 6.07) is 19.5. The van der Waals surface area contributed by atoms with Crippen molar-refractivity contribution in [2.45, 2.75) is 13.0 Å². The molecule has 0 aliphatic heterocycles. The van der Waals surface area contributed by atoms with E-state index < -0.39 is 0 Å². The highest BCUT2D eigenvalue weighted by atomic mass is 16.2. The van der Waals surface area contributed by atoms with Crippen molar-refractivity contribution >= 4 is 11.6 Å². The Morgan fingerprint density at radius 2 is 1.62 bits per heavy atom. The van der Waals surface area contributed by atoms with Crippen LogP contribution in [0.1, 0.15) is 17.5 Å². The molecular weight excluding hydrogens is 302 g/mol. The summed E-state index contributed by atoms with van der Waals surface area (Å²) in [6.07, 6.45) is 3.30. The van der Waals surface area contributed by atoms with Crippen LogP contribution in [0.4, 0.5) is 0 Å². The molecule has 24 heavy (non-hydrogen) atoms. The van der Waals surface area contributed by atoms with E-state index in [2.05, 4.69) is 20.6 Å². The minimum Gasteiger partial charge on any atom is -0.273 e. The third-order valence-corrected chi connectivity index (χ3v) is 3.42. The molecule has 0 saturated carbocycles. The predicted octanol–water partition coefficient (Wildman–Crippen LogP) is 2.24. The molecule has 120 valence electrons. The van der Waals surface area contributed by atoms with Crippen molar-refractivity contribution in [2.24, 2.45) is 5.10 Å². The van der Waals surface area contributed by atoms with Gasteiger partial charge in [0.15, 0.2) is 0 Å². The van der Waals surface area contributed by atoms with Gasteiger partial charge in [0, 0.05) is 17.5 Å². The number of aryl methyl sites for hydroxylation is 1. The van der Waals surface area contributed by atoms with Gasteiger partial charge in [0.1, 0.15) is 12.7 Å². The molecule has 0 unspecified atom stereocenters. The first-order valence-corrected chi connectivity index (χ1v) is 7.63. The number of hydrogen-bond acceptors (Lipinski definition) is 4. The number of hydrogen-bond donors (Lipinski definition) is 1. The van der Waals surface area contributed by atoms with E-state index in [9.17, 15) is 4.79 Å². The number of nitrogens with zero attached hydrogens (tertiary/aromatic N) is 4. The van der Waals surface area contributed by atoms with Gasteiger partial charge in [-0.05, 0) is 0 Å². The normalized spacial score (nSPS) is 10.2. The molecule has 1 N–H and O–H groups in total. The second-order valence-corrected chi connectivity index (χ2v) is 5.14. The molecule has 6 heteroatoms. The number of carbonyl (C=O) groups excluding carboxylic acids is 1. The maximum Gasteiger partial charge on any atom is 0.241 e. The Hall–Kier alpha value is -3.28. The summed E-state index contributed by atoms with van der Waals surface area (Å²) in [7, 11) is 0. The monoisotopic (exact) mass is 319 g/mol. The maximum atomic E-state index is 12.0. The van der Waals surface area contributed by atoms with Crippen LogP contribution in [-0.2, 0) is 11.3 Å². The number of carbonyl (C=O) groups is 1. The van der Waals surface area contributed by atoms with E-state index in [1.807, 2.05) is 60.7 Å². The number of amides is 1. The van der Waals surface area contributed by atoms with E-state index >= 15 is 0 Å². The molecule has 0 radical (unpaired) electrons. The Kier molecular flexibility index (Phi) is 5.09. The van der Waals surface area contributed by atoms with Gasteiger partial charge in [-0.3, -0.25) is 9.48 Å². The molecule has 6 nitrogen and oxygen atoms in total. The largest absolute Gasteiger partial charge is 0.273 e. The van der Waals surface area contributed by atoms with Crippen LogP contribution in [0.2, 0.25) is 0 Å². The van der Waals surface area contributed by atoms with Gasteiger partial charge in [0.05, 0.1) is 12.3 Å². The number of nitrogens with one attached hydrogen (secondary N) is 1. The Bertz CT molecular complexity index is 756. The van der Waals surface area contributed by atoms with E-state index in [-0.39, 0.29) is 12.3 Å². The molecule has 0 bridgehead atoms. The molecule has 0 fully saturated rings. The lowest BCUT2D eigenvalue weighted by Crippen LogP contribution is -2.22. The van der Waals surface area contributed by atoms with Crippen molar-refractivity contribution in [3.63, 3.8) is 0 Å². The molecule has 1 aromatic heterocycles. The zero-order valence-corrected chi connectivity index (χ0v) is 13.0. The van der Waals surface area contributed by atoms with E-state index in [1.165, 1.54) is 6.33 Å². The summed E-state index contributed by atoms with van der Waals surface area (Å²) >= 11 is 0. The van der Waals surface area contributed by atoms with Crippen molar-refractivity contribution in [2.75, 3.05) is 0 Å². The fourth-order valence-electron chi connectivity index (χ4n) is 2.23. The summed E-state index contributed by atoms with van der Waals surface area (Å²) in [5.74, 6) is -0.171. The molecular formula is C18H17N5O. The van der Waals surface area contributed by atoms with Gasteiger partial charge >= 0.3 is 0 Å². The molecule has 0 saturated heterocycles. The van der Waals surface area contributed by atoms with E-state index in [4.69, 9.17) is 0 Å². The summed E-state index contributed by atoms with van der Waals surface area (Å²) in [4.78, 5) is 15.9. The van der Waals surface area contributed by atoms with Crippen LogP contribution >= 0.6 is 0 Å². The van der Waals surface area contributed by atoms with Crippen LogP contribution in [0.5, 0.6) is 0 Å². The van der Waals surface area contributed by atoms with Gasteiger partial charge < -0.3 is 0 Å². The standard InChI is InChI=1S/C18H17N5O/c24-17(11-12-23-14-19-13-20-23)21-22-18(15-7-3-1-4-8-15)16-9-5-2-6-10-16/h1-10,13-14H,11-12H2,(H,21,24). The first-order chi connectivity index (χ1) is 11.8. The van der Waals surface area contributed by atoms with Gasteiger partial charge in [-0.2, -0.15) is 10.2 Å². The summed E-state index contributed by atoms with van der Waals surface area (Å²) in [5.41, 5.74) is 5.25. The molecule has 2 aromatic carbocycles. The fraction of sp³-hybridized carbons (Fsp3) is 0.111. The second kappa shape index (κ2) is 7.82. The van der Waals surface area contributed by atoms with Crippen molar-refractivity contribution in [3.8, 4) is 0 Å². The zero-order chi connectivity index (χ0) is 16.6. The summed E-state index contributed by atoms with van der Waals surface area (Å²) in [6.45, 7) is 0.466. The zero-order valence-electron chi connectivity index (χ0n) is 13.0. The van der Waals surface area contributed by atoms with Crippen LogP contribution in [0.3, 0.4) is 0 Å². The smallest absolute Gasteiger partial charge is 0.241 e. The first kappa shape index (κ1) is 15.6. The van der Waals surface area contributed by atoms with Crippen molar-refractivity contribution in [1.29, 1.82) is 0 Å². The number of rotatable bonds is 6. The van der Waals surface area contributed by atoms with Crippen LogP contribution in [0.25, 0.3) is 0 Å². The molecule has 3 aromatic rings. The summed E-state index contributed by atoms with van der Waals surface area (Å²) < 4.78 is 1.61. The predicted molar refractivity (Wildman–Crippen MR) is 91.3 cm³/mol. The third-order valence-electron chi connectivity index (χ3n) is 3.42. The molecule has 1 amide bonds. The number of hydrazone groups is 1. The van der Waals surface area contributed by atoms with Gasteiger partial charge in [-0.25, -0.2) is 10.4 Å². The van der Waals surface area contributed by atoms with Crippen LogP contribution in [-0.4, -0.2) is 26.4 Å². The highest BCUT2D eigenvalue weighted by Gasteiger charge is 2.08. The van der Waals surface area contributed by atoms with E-state index in [1.54, 1.807) is 11.0 Å². The minimum atomic E-state index is -0.171. The lowest BCUT2D eigenvalue weighted by atomic mass is 10.0. The van der Waals surface area contributed by atoms with Crippen molar-refractivity contribution < 1.29 is 4.79 Å². The average molecular weight is 319 g/mol. The highest BCUT2D eigenvalue weighted by Crippen LogP contribution is 2.10. The Morgan fingerprint density at radius 1 is 1.00 bits per heavy atom. The quantitative estimate of drug-likeness (QED) is 0.559. The molecule has 0 aliphatic rings. The maximum absolute atomic E-state index is 12.0. The Morgan fingerprint density at radius 3 is 2.17 bits per heavy atom. The minimum absolute atomic E-state index is 0.171. The lowest BCUT2D eigenvalue weighted by molar-refractivity contribution is -0.121. The molecule has 0 atom stereocenters. The van der Waals surface area contributed by atoms with Crippen molar-refractivity contribution in [3.05, 3.63) is 84.4 Å². The average Bonchev–Trinajstić information content (AvgIpc) is 3.16. The van der Waals surface area contributed by atoms with Gasteiger partial charge in [-0.1, -0.05) is 60.7 Å². The van der Waals surface area contributed by atoms with Crippen molar-refractivity contribution in [1.82, 2.24) is 20.2 Å². The first-order valence-electron chi connectivity index (χ1n) is 7.63. The van der Waals surface area contributed by atoms with Crippen LogP contribution in [0.15, 0.2) is 78.4 Å². The van der Waals surface area contributed by atoms with Crippen LogP contribution < -0.4 is 5.43 Å². The molecule has 0 aliphatic carbocycles. The Labute approximate surface area is 139 Å². The van der Waals surface area contributed by atoms with E-state index in [0.717, 1.165) is 16.8 Å². The third kappa shape index (κ3) is 4.13. The number of aromatic nitrogens is 3. The highest BCUT2D eigenvalue weighted by molar-refractivity contribution is 6.13. The molecule has 3 rings (SSSR count). The fourth-order valence-corrected chi connectivity index (χ4v) is 2.23. The van der Waals surface area contributed by atoms with Gasteiger partial charge in [-0.15, -0.1) is 0 Å². The lowest BCUT2D eigenvalue weighted by Gasteiger charge is -2.08. The van der Waals surface area contributed by atoms with Crippen LogP contribution in [0, 0.1) is 0 Å². The SMILES string of the molecule is O=C(CCn1cncn1)NN=C(c1ccccc1)c1ccccc1. The Balaban J connectivity index is 1.73. The number of benzene rings is 2. The molecule has 0 spiro atoms. The molecule has 1 heterocycles. The summed E-state index contributed by atoms with van der Waals surface area (Å²) in [5, 5.41) is 8.30.